The summed E-state index contributed by atoms with van der Waals surface area (Å²) in [6.45, 7) is 6.78. The second kappa shape index (κ2) is 13.6. The number of hydrogen-bond donors (Lipinski definition) is 2. The molecule has 1 saturated heterocycles. The quantitative estimate of drug-likeness (QED) is 0.344. The first kappa shape index (κ1) is 30.6. The molecule has 2 amide bonds. The summed E-state index contributed by atoms with van der Waals surface area (Å²) in [4.78, 5) is 39.4. The van der Waals surface area contributed by atoms with Gasteiger partial charge in [-0.15, -0.1) is 0 Å². The van der Waals surface area contributed by atoms with Crippen molar-refractivity contribution in [3.05, 3.63) is 75.7 Å². The summed E-state index contributed by atoms with van der Waals surface area (Å²) in [5.41, 5.74) is 1.40. The number of piperazine rings is 1. The fraction of sp³-hybridized carbons (Fsp3) is 0.355. The zero-order valence-electron chi connectivity index (χ0n) is 24.0. The molecule has 0 radical (unpaired) electrons. The van der Waals surface area contributed by atoms with Gasteiger partial charge >= 0.3 is 0 Å². The number of carbonyl (C=O) groups is 2. The van der Waals surface area contributed by atoms with Gasteiger partial charge in [0.2, 0.25) is 5.88 Å². The van der Waals surface area contributed by atoms with E-state index in [-0.39, 0.29) is 40.5 Å². The van der Waals surface area contributed by atoms with Crippen LogP contribution in [0.5, 0.6) is 5.88 Å². The number of anilines is 1. The van der Waals surface area contributed by atoms with Crippen LogP contribution in [0, 0.1) is 5.82 Å². The Kier molecular flexibility index (Phi) is 9.67. The topological polar surface area (TPSA) is 99.2 Å². The van der Waals surface area contributed by atoms with Crippen molar-refractivity contribution in [2.24, 2.45) is 4.99 Å². The molecule has 2 N–H and O–H groups in total. The third kappa shape index (κ3) is 6.55. The average molecular weight is 628 g/mol. The van der Waals surface area contributed by atoms with E-state index in [2.05, 4.69) is 20.6 Å². The van der Waals surface area contributed by atoms with Crippen LogP contribution in [-0.2, 0) is 0 Å². The SMILES string of the molecule is CCOc1ncccc1-c1ccc(N2CCN(C(=O)c3ccc(Cl)cc3Cl)C[C@H]2CC)c(C(=O)NCC2=NCCN2)c1F. The van der Waals surface area contributed by atoms with E-state index in [1.165, 1.54) is 0 Å². The van der Waals surface area contributed by atoms with E-state index in [0.29, 0.717) is 73.4 Å². The van der Waals surface area contributed by atoms with Crippen molar-refractivity contribution in [1.82, 2.24) is 20.5 Å². The predicted molar refractivity (Wildman–Crippen MR) is 167 cm³/mol. The summed E-state index contributed by atoms with van der Waals surface area (Å²) in [5, 5.41) is 6.69. The molecule has 0 aliphatic carbocycles. The minimum Gasteiger partial charge on any atom is -0.478 e. The fourth-order valence-corrected chi connectivity index (χ4v) is 5.92. The number of amidine groups is 1. The minimum absolute atomic E-state index is 0.0821. The lowest BCUT2D eigenvalue weighted by molar-refractivity contribution is 0.0720. The first-order valence-corrected chi connectivity index (χ1v) is 15.0. The van der Waals surface area contributed by atoms with Crippen molar-refractivity contribution in [2.45, 2.75) is 26.3 Å². The number of halogens is 3. The molecule has 2 aliphatic rings. The number of aromatic nitrogens is 1. The maximum Gasteiger partial charge on any atom is 0.256 e. The molecule has 2 aliphatic heterocycles. The number of pyridine rings is 1. The molecule has 0 bridgehead atoms. The minimum atomic E-state index is -0.674. The van der Waals surface area contributed by atoms with Crippen molar-refractivity contribution in [3.8, 4) is 17.0 Å². The van der Waals surface area contributed by atoms with Gasteiger partial charge in [-0.1, -0.05) is 30.1 Å². The molecular formula is C31H33Cl2FN6O3. The summed E-state index contributed by atoms with van der Waals surface area (Å²) >= 11 is 12.4. The normalized spacial score (nSPS) is 16.5. The summed E-state index contributed by atoms with van der Waals surface area (Å²) in [6, 6.07) is 11.5. The van der Waals surface area contributed by atoms with Gasteiger partial charge < -0.3 is 25.2 Å². The Hall–Kier alpha value is -3.89. The molecule has 226 valence electrons. The zero-order valence-corrected chi connectivity index (χ0v) is 25.5. The highest BCUT2D eigenvalue weighted by Gasteiger charge is 2.34. The highest BCUT2D eigenvalue weighted by molar-refractivity contribution is 6.36. The Bertz CT molecular complexity index is 1550. The van der Waals surface area contributed by atoms with E-state index in [0.717, 1.165) is 0 Å². The monoisotopic (exact) mass is 626 g/mol. The van der Waals surface area contributed by atoms with Gasteiger partial charge in [-0.2, -0.15) is 0 Å². The van der Waals surface area contributed by atoms with Crippen molar-refractivity contribution in [3.63, 3.8) is 0 Å². The van der Waals surface area contributed by atoms with E-state index in [1.54, 1.807) is 53.6 Å². The number of amides is 2. The Morgan fingerprint density at radius 3 is 2.70 bits per heavy atom. The van der Waals surface area contributed by atoms with E-state index in [1.807, 2.05) is 18.7 Å². The van der Waals surface area contributed by atoms with Crippen LogP contribution in [0.25, 0.3) is 11.1 Å². The van der Waals surface area contributed by atoms with Gasteiger partial charge in [0.15, 0.2) is 0 Å². The summed E-state index contributed by atoms with van der Waals surface area (Å²) < 4.78 is 22.2. The smallest absolute Gasteiger partial charge is 0.256 e. The van der Waals surface area contributed by atoms with Crippen LogP contribution >= 0.6 is 23.2 Å². The van der Waals surface area contributed by atoms with Crippen LogP contribution < -0.4 is 20.3 Å². The van der Waals surface area contributed by atoms with E-state index in [9.17, 15) is 9.59 Å². The molecule has 43 heavy (non-hydrogen) atoms. The summed E-state index contributed by atoms with van der Waals surface area (Å²) in [6.07, 6.45) is 2.23. The van der Waals surface area contributed by atoms with Crippen LogP contribution in [0.15, 0.2) is 53.7 Å². The molecule has 1 aromatic heterocycles. The molecule has 3 aromatic rings. The Morgan fingerprint density at radius 1 is 1.14 bits per heavy atom. The molecule has 5 rings (SSSR count). The van der Waals surface area contributed by atoms with Crippen LogP contribution in [0.3, 0.4) is 0 Å². The van der Waals surface area contributed by atoms with E-state index < -0.39 is 11.7 Å². The van der Waals surface area contributed by atoms with Gasteiger partial charge in [-0.25, -0.2) is 9.37 Å². The van der Waals surface area contributed by atoms with E-state index >= 15 is 4.39 Å². The number of ether oxygens (including phenoxy) is 1. The Morgan fingerprint density at radius 2 is 1.98 bits per heavy atom. The van der Waals surface area contributed by atoms with Gasteiger partial charge in [0.05, 0.1) is 41.5 Å². The first-order chi connectivity index (χ1) is 20.8. The van der Waals surface area contributed by atoms with Crippen LogP contribution in [-0.4, -0.2) is 79.5 Å². The molecule has 1 fully saturated rings. The standard InChI is InChI=1S/C31H33Cl2FN6O3/c1-3-20-18-39(31(42)23-8-7-19(32)16-24(23)33)14-15-40(20)25-10-9-21(22-6-5-11-37-30(22)43-4-2)28(34)27(25)29(41)38-17-26-35-12-13-36-26/h5-11,16,20H,3-4,12-15,17-18H2,1-2H3,(H,35,36)(H,38,41)/t20-/m1/s1. The van der Waals surface area contributed by atoms with Crippen molar-refractivity contribution >= 4 is 46.5 Å². The number of carbonyl (C=O) groups excluding carboxylic acids is 2. The molecule has 0 unspecified atom stereocenters. The highest BCUT2D eigenvalue weighted by atomic mass is 35.5. The lowest BCUT2D eigenvalue weighted by atomic mass is 9.98. The van der Waals surface area contributed by atoms with Crippen LogP contribution in [0.1, 0.15) is 41.0 Å². The van der Waals surface area contributed by atoms with Crippen molar-refractivity contribution < 1.29 is 18.7 Å². The number of aliphatic imine (C=N–C) groups is 1. The molecular weight excluding hydrogens is 594 g/mol. The second-order valence-electron chi connectivity index (χ2n) is 10.2. The average Bonchev–Trinajstić information content (AvgIpc) is 3.53. The van der Waals surface area contributed by atoms with Crippen molar-refractivity contribution in [1.29, 1.82) is 0 Å². The summed E-state index contributed by atoms with van der Waals surface area (Å²) in [7, 11) is 0. The number of benzene rings is 2. The molecule has 0 spiro atoms. The molecule has 9 nitrogen and oxygen atoms in total. The van der Waals surface area contributed by atoms with Crippen LogP contribution in [0.4, 0.5) is 10.1 Å². The van der Waals surface area contributed by atoms with Gasteiger partial charge in [0.1, 0.15) is 11.7 Å². The number of nitrogens with one attached hydrogen (secondary N) is 2. The van der Waals surface area contributed by atoms with Gasteiger partial charge in [-0.3, -0.25) is 14.6 Å². The van der Waals surface area contributed by atoms with Gasteiger partial charge in [0.25, 0.3) is 11.8 Å². The number of nitrogens with zero attached hydrogens (tertiary/aromatic N) is 4. The van der Waals surface area contributed by atoms with Gasteiger partial charge in [-0.05, 0) is 55.8 Å². The van der Waals surface area contributed by atoms with Crippen LogP contribution in [0.2, 0.25) is 10.0 Å². The predicted octanol–water partition coefficient (Wildman–Crippen LogP) is 5.07. The Balaban J connectivity index is 1.49. The second-order valence-corrected chi connectivity index (χ2v) is 11.0. The largest absolute Gasteiger partial charge is 0.478 e. The number of hydrogen-bond acceptors (Lipinski definition) is 7. The van der Waals surface area contributed by atoms with E-state index in [4.69, 9.17) is 27.9 Å². The highest BCUT2D eigenvalue weighted by Crippen LogP contribution is 2.37. The lowest BCUT2D eigenvalue weighted by Crippen LogP contribution is -2.55. The van der Waals surface area contributed by atoms with Crippen molar-refractivity contribution in [2.75, 3.05) is 50.8 Å². The maximum atomic E-state index is 16.6. The molecule has 12 heteroatoms. The first-order valence-electron chi connectivity index (χ1n) is 14.3. The Labute approximate surface area is 260 Å². The molecule has 0 saturated carbocycles. The third-order valence-electron chi connectivity index (χ3n) is 7.56. The lowest BCUT2D eigenvalue weighted by Gasteiger charge is -2.43. The maximum absolute atomic E-state index is 16.6. The zero-order chi connectivity index (χ0) is 30.5. The summed E-state index contributed by atoms with van der Waals surface area (Å²) in [5.74, 6) is -0.506. The fourth-order valence-electron chi connectivity index (χ4n) is 5.43. The third-order valence-corrected chi connectivity index (χ3v) is 8.11. The molecule has 1 atom stereocenters. The number of rotatable bonds is 9. The van der Waals surface area contributed by atoms with Gasteiger partial charge in [0, 0.05) is 54.6 Å². The molecule has 2 aromatic carbocycles. The molecule has 3 heterocycles.